The minimum Gasteiger partial charge on any atom is -0.493 e. The summed E-state index contributed by atoms with van der Waals surface area (Å²) in [5.74, 6) is 1.22. The number of rotatable bonds is 4. The van der Waals surface area contributed by atoms with Gasteiger partial charge in [-0.1, -0.05) is 36.4 Å². The second-order valence-corrected chi connectivity index (χ2v) is 11.0. The van der Waals surface area contributed by atoms with Crippen molar-refractivity contribution in [2.75, 3.05) is 46.5 Å². The van der Waals surface area contributed by atoms with E-state index in [-0.39, 0.29) is 36.2 Å². The van der Waals surface area contributed by atoms with Gasteiger partial charge in [0.2, 0.25) is 11.8 Å². The molecule has 1 fully saturated rings. The monoisotopic (exact) mass is 581 g/mol. The topological polar surface area (TPSA) is 97.4 Å². The van der Waals surface area contributed by atoms with Gasteiger partial charge in [0.1, 0.15) is 5.75 Å². The molecule has 3 aromatic rings. The number of amides is 3. The third-order valence-corrected chi connectivity index (χ3v) is 8.20. The zero-order valence-electron chi connectivity index (χ0n) is 24.2. The van der Waals surface area contributed by atoms with Crippen LogP contribution >= 0.6 is 0 Å². The quantitative estimate of drug-likeness (QED) is 0.473. The Labute approximate surface area is 251 Å². The Morgan fingerprint density at radius 1 is 0.953 bits per heavy atom. The Hall–Kier alpha value is -4.79. The molecular weight excluding hydrogens is 546 g/mol. The largest absolute Gasteiger partial charge is 0.493 e. The fourth-order valence-electron chi connectivity index (χ4n) is 5.96. The van der Waals surface area contributed by atoms with Crippen LogP contribution in [0.5, 0.6) is 17.2 Å². The van der Waals surface area contributed by atoms with E-state index in [1.807, 2.05) is 60.7 Å². The third kappa shape index (κ3) is 6.35. The first-order valence-corrected chi connectivity index (χ1v) is 14.7. The molecule has 222 valence electrons. The van der Waals surface area contributed by atoms with Crippen molar-refractivity contribution in [1.29, 1.82) is 0 Å². The number of benzene rings is 3. The van der Waals surface area contributed by atoms with Gasteiger partial charge in [0, 0.05) is 43.6 Å². The second kappa shape index (κ2) is 12.6. The van der Waals surface area contributed by atoms with Crippen molar-refractivity contribution >= 4 is 23.8 Å². The molecule has 3 heterocycles. The second-order valence-electron chi connectivity index (χ2n) is 11.0. The number of ether oxygens (including phenoxy) is 3. The van der Waals surface area contributed by atoms with Crippen LogP contribution in [-0.2, 0) is 16.0 Å². The van der Waals surface area contributed by atoms with Crippen molar-refractivity contribution in [3.05, 3.63) is 95.1 Å². The van der Waals surface area contributed by atoms with Gasteiger partial charge in [-0.25, -0.2) is 0 Å². The smallest absolute Gasteiger partial charge is 0.253 e. The highest BCUT2D eigenvalue weighted by molar-refractivity contribution is 5.96. The Bertz CT molecular complexity index is 1540. The van der Waals surface area contributed by atoms with Crippen molar-refractivity contribution in [3.63, 3.8) is 0 Å². The molecule has 3 aliphatic rings. The number of fused-ring (bicyclic) bond motifs is 5. The summed E-state index contributed by atoms with van der Waals surface area (Å²) < 4.78 is 17.3. The first kappa shape index (κ1) is 28.3. The third-order valence-electron chi connectivity index (χ3n) is 8.20. The molecule has 0 saturated carbocycles. The molecule has 2 atom stereocenters. The van der Waals surface area contributed by atoms with Gasteiger partial charge in [-0.15, -0.1) is 0 Å². The number of carbonyl (C=O) groups is 3. The van der Waals surface area contributed by atoms with Crippen molar-refractivity contribution in [3.8, 4) is 17.2 Å². The molecule has 9 heteroatoms. The number of hydrogen-bond acceptors (Lipinski definition) is 6. The summed E-state index contributed by atoms with van der Waals surface area (Å²) in [4.78, 5) is 43.6. The predicted molar refractivity (Wildman–Crippen MR) is 161 cm³/mol. The van der Waals surface area contributed by atoms with E-state index in [9.17, 15) is 14.4 Å². The summed E-state index contributed by atoms with van der Waals surface area (Å²) in [6.07, 6.45) is 4.55. The standard InChI is InChI=1S/C34H35N3O6/c1-41-30-12-9-24-19-31(30)42-16-5-15-36(33(39)13-8-23-6-3-2-4-7-23)22-32(38)35-28-21-37(20-27(24)28)34(40)26-10-11-29-25(18-26)14-17-43-29/h2-4,6-13,18-19,27-28H,5,14-17,20-22H2,1H3,(H,35,38)/t27-,28+/m1/s1. The van der Waals surface area contributed by atoms with Crippen LogP contribution in [0.4, 0.5) is 0 Å². The summed E-state index contributed by atoms with van der Waals surface area (Å²) in [5.41, 5.74) is 3.47. The highest BCUT2D eigenvalue weighted by Gasteiger charge is 2.38. The molecule has 1 saturated heterocycles. The van der Waals surface area contributed by atoms with Crippen LogP contribution in [0.1, 0.15) is 39.4 Å². The van der Waals surface area contributed by atoms with Gasteiger partial charge < -0.3 is 29.3 Å². The van der Waals surface area contributed by atoms with Crippen LogP contribution in [0.3, 0.4) is 0 Å². The van der Waals surface area contributed by atoms with Crippen molar-refractivity contribution < 1.29 is 28.6 Å². The molecule has 0 spiro atoms. The van der Waals surface area contributed by atoms with E-state index < -0.39 is 0 Å². The lowest BCUT2D eigenvalue weighted by atomic mass is 9.94. The normalized spacial score (nSPS) is 20.1. The SMILES string of the molecule is COc1ccc2cc1OCCCN(C(=O)C=Cc1ccccc1)CC(=O)N[C@H]1CN(C(=O)c3ccc4c(c3)CCO4)C[C@H]21. The molecule has 0 aliphatic carbocycles. The molecule has 2 bridgehead atoms. The van der Waals surface area contributed by atoms with Crippen LogP contribution in [0, 0.1) is 0 Å². The zero-order chi connectivity index (χ0) is 29.8. The number of hydrogen-bond donors (Lipinski definition) is 1. The lowest BCUT2D eigenvalue weighted by Crippen LogP contribution is -2.46. The Morgan fingerprint density at radius 3 is 2.63 bits per heavy atom. The zero-order valence-corrected chi connectivity index (χ0v) is 24.2. The fourth-order valence-corrected chi connectivity index (χ4v) is 5.96. The number of nitrogens with zero attached hydrogens (tertiary/aromatic N) is 2. The van der Waals surface area contributed by atoms with Crippen LogP contribution in [0.2, 0.25) is 0 Å². The molecule has 9 nitrogen and oxygen atoms in total. The van der Waals surface area contributed by atoms with Gasteiger partial charge in [0.05, 0.1) is 32.9 Å². The molecule has 3 amide bonds. The van der Waals surface area contributed by atoms with Gasteiger partial charge in [0.15, 0.2) is 11.5 Å². The Morgan fingerprint density at radius 2 is 1.79 bits per heavy atom. The van der Waals surface area contributed by atoms with Crippen molar-refractivity contribution in [2.45, 2.75) is 24.8 Å². The Kier molecular flexibility index (Phi) is 8.31. The summed E-state index contributed by atoms with van der Waals surface area (Å²) >= 11 is 0. The molecular formula is C34H35N3O6. The molecule has 0 radical (unpaired) electrons. The predicted octanol–water partition coefficient (Wildman–Crippen LogP) is 3.68. The van der Waals surface area contributed by atoms with Crippen LogP contribution < -0.4 is 19.5 Å². The van der Waals surface area contributed by atoms with Crippen LogP contribution in [0.25, 0.3) is 6.08 Å². The van der Waals surface area contributed by atoms with Gasteiger partial charge in [0.25, 0.3) is 5.91 Å². The average molecular weight is 582 g/mol. The molecule has 3 aromatic carbocycles. The van der Waals surface area contributed by atoms with Crippen molar-refractivity contribution in [2.24, 2.45) is 0 Å². The van der Waals surface area contributed by atoms with E-state index in [2.05, 4.69) is 5.32 Å². The Balaban J connectivity index is 1.25. The lowest BCUT2D eigenvalue weighted by molar-refractivity contribution is -0.132. The average Bonchev–Trinajstić information content (AvgIpc) is 3.68. The first-order valence-electron chi connectivity index (χ1n) is 14.7. The molecule has 1 N–H and O–H groups in total. The van der Waals surface area contributed by atoms with E-state index in [1.54, 1.807) is 24.2 Å². The van der Waals surface area contributed by atoms with Crippen LogP contribution in [0.15, 0.2) is 72.8 Å². The van der Waals surface area contributed by atoms with Gasteiger partial charge in [-0.2, -0.15) is 0 Å². The number of likely N-dealkylation sites (tertiary alicyclic amines) is 1. The maximum atomic E-state index is 13.7. The maximum Gasteiger partial charge on any atom is 0.253 e. The maximum absolute atomic E-state index is 13.7. The van der Waals surface area contributed by atoms with Gasteiger partial charge in [-0.05, 0) is 59.5 Å². The van der Waals surface area contributed by atoms with E-state index in [1.165, 1.54) is 11.0 Å². The van der Waals surface area contributed by atoms with E-state index in [4.69, 9.17) is 14.2 Å². The highest BCUT2D eigenvalue weighted by Crippen LogP contribution is 2.36. The number of nitrogens with one attached hydrogen (secondary N) is 1. The lowest BCUT2D eigenvalue weighted by Gasteiger charge is -2.24. The highest BCUT2D eigenvalue weighted by atomic mass is 16.5. The fraction of sp³-hybridized carbons (Fsp3) is 0.324. The van der Waals surface area contributed by atoms with Crippen molar-refractivity contribution in [1.82, 2.24) is 15.1 Å². The van der Waals surface area contributed by atoms with Gasteiger partial charge in [-0.3, -0.25) is 14.4 Å². The van der Waals surface area contributed by atoms with Crippen LogP contribution in [-0.4, -0.2) is 80.1 Å². The molecule has 43 heavy (non-hydrogen) atoms. The molecule has 0 aromatic heterocycles. The van der Waals surface area contributed by atoms with E-state index in [0.717, 1.165) is 28.9 Å². The number of carbonyl (C=O) groups excluding carboxylic acids is 3. The minimum atomic E-state index is -0.354. The summed E-state index contributed by atoms with van der Waals surface area (Å²) in [7, 11) is 1.59. The molecule has 3 aliphatic heterocycles. The first-order chi connectivity index (χ1) is 21.0. The summed E-state index contributed by atoms with van der Waals surface area (Å²) in [5, 5.41) is 3.15. The number of methoxy groups -OCH3 is 1. The van der Waals surface area contributed by atoms with E-state index >= 15 is 0 Å². The molecule has 6 rings (SSSR count). The summed E-state index contributed by atoms with van der Waals surface area (Å²) in [6.45, 7) is 1.97. The molecule has 0 unspecified atom stereocenters. The summed E-state index contributed by atoms with van der Waals surface area (Å²) in [6, 6.07) is 20.5. The minimum absolute atomic E-state index is 0.0922. The van der Waals surface area contributed by atoms with Gasteiger partial charge >= 0.3 is 0 Å². The van der Waals surface area contributed by atoms with E-state index in [0.29, 0.717) is 56.3 Å².